The molecule has 2 N–H and O–H groups in total. The molecule has 0 bridgehead atoms. The summed E-state index contributed by atoms with van der Waals surface area (Å²) in [6, 6.07) is 11.4. The Kier molecular flexibility index (Phi) is 5.82. The van der Waals surface area contributed by atoms with E-state index in [0.29, 0.717) is 12.2 Å². The van der Waals surface area contributed by atoms with E-state index < -0.39 is 0 Å². The summed E-state index contributed by atoms with van der Waals surface area (Å²) in [5.74, 6) is 0.471. The van der Waals surface area contributed by atoms with Crippen molar-refractivity contribution in [2.45, 2.75) is 25.4 Å². The number of carbonyl (C=O) groups excluding carboxylic acids is 1. The number of hydrogen-bond donors (Lipinski definition) is 2. The number of pyridine rings is 1. The molecule has 1 aromatic heterocycles. The van der Waals surface area contributed by atoms with Gasteiger partial charge in [-0.2, -0.15) is 0 Å². The first-order valence-corrected chi connectivity index (χ1v) is 8.84. The molecule has 1 aliphatic rings. The van der Waals surface area contributed by atoms with E-state index in [1.807, 2.05) is 30.3 Å². The van der Waals surface area contributed by atoms with Gasteiger partial charge in [-0.05, 0) is 42.7 Å². The summed E-state index contributed by atoms with van der Waals surface area (Å²) in [7, 11) is 0. The Bertz CT molecular complexity index is 685. The van der Waals surface area contributed by atoms with Gasteiger partial charge < -0.3 is 15.4 Å². The lowest BCUT2D eigenvalue weighted by Crippen LogP contribution is -2.18. The van der Waals surface area contributed by atoms with Crippen LogP contribution in [0.2, 0.25) is 0 Å². The molecule has 1 amide bonds. The second kappa shape index (κ2) is 8.26. The Morgan fingerprint density at radius 3 is 2.96 bits per heavy atom. The van der Waals surface area contributed by atoms with E-state index in [2.05, 4.69) is 31.5 Å². The van der Waals surface area contributed by atoms with Crippen molar-refractivity contribution in [1.29, 1.82) is 0 Å². The molecule has 2 heterocycles. The number of nitrogens with zero attached hydrogens (tertiary/aromatic N) is 1. The van der Waals surface area contributed by atoms with Gasteiger partial charge in [-0.25, -0.2) is 4.98 Å². The summed E-state index contributed by atoms with van der Waals surface area (Å²) < 4.78 is 6.54. The first-order valence-electron chi connectivity index (χ1n) is 8.05. The number of carbonyl (C=O) groups is 1. The monoisotopic (exact) mass is 389 g/mol. The van der Waals surface area contributed by atoms with Crippen molar-refractivity contribution >= 4 is 33.3 Å². The lowest BCUT2D eigenvalue weighted by Gasteiger charge is -2.12. The molecule has 5 nitrogen and oxygen atoms in total. The zero-order chi connectivity index (χ0) is 16.8. The predicted octanol–water partition coefficient (Wildman–Crippen LogP) is 3.62. The SMILES string of the molecule is O=C(Cc1cccc(Br)c1)Nc1ccc(NCC2CCCO2)cn1. The summed E-state index contributed by atoms with van der Waals surface area (Å²) in [6.07, 6.45) is 4.57. The number of hydrogen-bond acceptors (Lipinski definition) is 4. The largest absolute Gasteiger partial charge is 0.381 e. The molecule has 2 aromatic rings. The van der Waals surface area contributed by atoms with Crippen molar-refractivity contribution in [2.24, 2.45) is 0 Å². The minimum absolute atomic E-state index is 0.0827. The maximum atomic E-state index is 12.1. The topological polar surface area (TPSA) is 63.2 Å². The van der Waals surface area contributed by atoms with Crippen LogP contribution < -0.4 is 10.6 Å². The third-order valence-corrected chi connectivity index (χ3v) is 4.34. The summed E-state index contributed by atoms with van der Waals surface area (Å²) in [6.45, 7) is 1.64. The highest BCUT2D eigenvalue weighted by Gasteiger charge is 2.14. The van der Waals surface area contributed by atoms with Gasteiger partial charge in [0.25, 0.3) is 0 Å². The van der Waals surface area contributed by atoms with Gasteiger partial charge in [0, 0.05) is 17.6 Å². The summed E-state index contributed by atoms with van der Waals surface area (Å²) in [5.41, 5.74) is 1.88. The average molecular weight is 390 g/mol. The molecular formula is C18H20BrN3O2. The average Bonchev–Trinajstić information content (AvgIpc) is 3.07. The Morgan fingerprint density at radius 1 is 1.33 bits per heavy atom. The van der Waals surface area contributed by atoms with Gasteiger partial charge in [0.2, 0.25) is 5.91 Å². The molecule has 6 heteroatoms. The second-order valence-electron chi connectivity index (χ2n) is 5.80. The lowest BCUT2D eigenvalue weighted by molar-refractivity contribution is -0.115. The fourth-order valence-corrected chi connectivity index (χ4v) is 3.08. The lowest BCUT2D eigenvalue weighted by atomic mass is 10.1. The van der Waals surface area contributed by atoms with Crippen molar-refractivity contribution in [1.82, 2.24) is 4.98 Å². The third kappa shape index (κ3) is 5.04. The molecule has 24 heavy (non-hydrogen) atoms. The van der Waals surface area contributed by atoms with Crippen molar-refractivity contribution < 1.29 is 9.53 Å². The summed E-state index contributed by atoms with van der Waals surface area (Å²) in [5, 5.41) is 6.12. The van der Waals surface area contributed by atoms with Gasteiger partial charge in [-0.3, -0.25) is 4.79 Å². The van der Waals surface area contributed by atoms with Crippen LogP contribution in [0.5, 0.6) is 0 Å². The molecular weight excluding hydrogens is 370 g/mol. The Labute approximate surface area is 149 Å². The van der Waals surface area contributed by atoms with Gasteiger partial charge in [0.1, 0.15) is 5.82 Å². The Hall–Kier alpha value is -1.92. The van der Waals surface area contributed by atoms with Crippen LogP contribution in [-0.2, 0) is 16.0 Å². The number of amides is 1. The number of halogens is 1. The van der Waals surface area contributed by atoms with Gasteiger partial charge >= 0.3 is 0 Å². The number of anilines is 2. The van der Waals surface area contributed by atoms with E-state index >= 15 is 0 Å². The highest BCUT2D eigenvalue weighted by molar-refractivity contribution is 9.10. The molecule has 3 rings (SSSR count). The van der Waals surface area contributed by atoms with E-state index in [0.717, 1.165) is 41.7 Å². The molecule has 1 unspecified atom stereocenters. The van der Waals surface area contributed by atoms with Crippen LogP contribution in [0.15, 0.2) is 47.1 Å². The first-order chi connectivity index (χ1) is 11.7. The van der Waals surface area contributed by atoms with E-state index in [-0.39, 0.29) is 12.0 Å². The maximum absolute atomic E-state index is 12.1. The molecule has 1 fully saturated rings. The maximum Gasteiger partial charge on any atom is 0.229 e. The molecule has 1 saturated heterocycles. The van der Waals surface area contributed by atoms with Crippen LogP contribution in [0.3, 0.4) is 0 Å². The number of aromatic nitrogens is 1. The minimum Gasteiger partial charge on any atom is -0.381 e. The molecule has 0 spiro atoms. The first kappa shape index (κ1) is 16.9. The number of ether oxygens (including phenoxy) is 1. The van der Waals surface area contributed by atoms with E-state index in [9.17, 15) is 4.79 Å². The van der Waals surface area contributed by atoms with Crippen LogP contribution in [0.1, 0.15) is 18.4 Å². The number of nitrogens with one attached hydrogen (secondary N) is 2. The quantitative estimate of drug-likeness (QED) is 0.791. The fraction of sp³-hybridized carbons (Fsp3) is 0.333. The van der Waals surface area contributed by atoms with Crippen LogP contribution >= 0.6 is 15.9 Å². The smallest absolute Gasteiger partial charge is 0.229 e. The fourth-order valence-electron chi connectivity index (χ4n) is 2.63. The minimum atomic E-state index is -0.0827. The zero-order valence-electron chi connectivity index (χ0n) is 13.3. The Morgan fingerprint density at radius 2 is 2.25 bits per heavy atom. The van der Waals surface area contributed by atoms with Crippen LogP contribution in [-0.4, -0.2) is 30.1 Å². The van der Waals surface area contributed by atoms with Gasteiger partial charge in [-0.1, -0.05) is 28.1 Å². The van der Waals surface area contributed by atoms with Gasteiger partial charge in [-0.15, -0.1) is 0 Å². The Balaban J connectivity index is 1.49. The van der Waals surface area contributed by atoms with Crippen molar-refractivity contribution in [2.75, 3.05) is 23.8 Å². The molecule has 126 valence electrons. The molecule has 0 saturated carbocycles. The number of rotatable bonds is 6. The highest BCUT2D eigenvalue weighted by Crippen LogP contribution is 2.15. The third-order valence-electron chi connectivity index (χ3n) is 3.84. The second-order valence-corrected chi connectivity index (χ2v) is 6.72. The summed E-state index contributed by atoms with van der Waals surface area (Å²) in [4.78, 5) is 16.4. The summed E-state index contributed by atoms with van der Waals surface area (Å²) >= 11 is 3.41. The molecule has 1 atom stereocenters. The van der Waals surface area contributed by atoms with Crippen molar-refractivity contribution in [3.8, 4) is 0 Å². The zero-order valence-corrected chi connectivity index (χ0v) is 14.9. The standard InChI is InChI=1S/C18H20BrN3O2/c19-14-4-1-3-13(9-14)10-18(23)22-17-7-6-15(11-21-17)20-12-16-5-2-8-24-16/h1,3-4,6-7,9,11,16,20H,2,5,8,10,12H2,(H,21,22,23). The van der Waals surface area contributed by atoms with Gasteiger partial charge in [0.15, 0.2) is 0 Å². The molecule has 1 aromatic carbocycles. The van der Waals surface area contributed by atoms with E-state index in [1.165, 1.54) is 0 Å². The van der Waals surface area contributed by atoms with Crippen LogP contribution in [0, 0.1) is 0 Å². The molecule has 0 radical (unpaired) electrons. The van der Waals surface area contributed by atoms with Crippen molar-refractivity contribution in [3.63, 3.8) is 0 Å². The predicted molar refractivity (Wildman–Crippen MR) is 98.2 cm³/mol. The van der Waals surface area contributed by atoms with Gasteiger partial charge in [0.05, 0.1) is 24.4 Å². The van der Waals surface area contributed by atoms with Crippen LogP contribution in [0.4, 0.5) is 11.5 Å². The van der Waals surface area contributed by atoms with Crippen LogP contribution in [0.25, 0.3) is 0 Å². The number of benzene rings is 1. The van der Waals surface area contributed by atoms with E-state index in [4.69, 9.17) is 4.74 Å². The van der Waals surface area contributed by atoms with E-state index in [1.54, 1.807) is 12.3 Å². The molecule has 1 aliphatic heterocycles. The highest BCUT2D eigenvalue weighted by atomic mass is 79.9. The normalized spacial score (nSPS) is 16.8. The molecule has 0 aliphatic carbocycles. The van der Waals surface area contributed by atoms with Crippen molar-refractivity contribution in [3.05, 3.63) is 52.6 Å².